The van der Waals surface area contributed by atoms with Crippen molar-refractivity contribution < 1.29 is 4.79 Å². The second kappa shape index (κ2) is 5.89. The summed E-state index contributed by atoms with van der Waals surface area (Å²) in [6.07, 6.45) is 1.99. The van der Waals surface area contributed by atoms with Gasteiger partial charge in [0.15, 0.2) is 5.78 Å². The molecule has 0 bridgehead atoms. The van der Waals surface area contributed by atoms with E-state index in [0.717, 1.165) is 15.7 Å². The van der Waals surface area contributed by atoms with Crippen LogP contribution in [0.25, 0.3) is 0 Å². The molecule has 0 fully saturated rings. The molecule has 0 saturated heterocycles. The van der Waals surface area contributed by atoms with Crippen molar-refractivity contribution in [1.82, 2.24) is 4.98 Å². The Hall–Kier alpha value is -1.52. The standard InChI is InChI=1S/C14H13BrN2O/c15-13-4-2-1-3-10(13)8-14(18)11-5-6-17-12(7-11)9-16/h1-7H,8-9,16H2. The van der Waals surface area contributed by atoms with Crippen molar-refractivity contribution in [3.8, 4) is 0 Å². The fourth-order valence-electron chi connectivity index (χ4n) is 1.68. The Morgan fingerprint density at radius 3 is 2.78 bits per heavy atom. The van der Waals surface area contributed by atoms with Crippen LogP contribution in [-0.4, -0.2) is 10.8 Å². The van der Waals surface area contributed by atoms with Crippen molar-refractivity contribution in [2.45, 2.75) is 13.0 Å². The number of benzene rings is 1. The number of carbonyl (C=O) groups excluding carboxylic acids is 1. The smallest absolute Gasteiger partial charge is 0.167 e. The minimum Gasteiger partial charge on any atom is -0.325 e. The van der Waals surface area contributed by atoms with Crippen molar-refractivity contribution >= 4 is 21.7 Å². The molecule has 0 amide bonds. The second-order valence-corrected chi connectivity index (χ2v) is 4.79. The molecule has 2 aromatic rings. The van der Waals surface area contributed by atoms with E-state index in [1.165, 1.54) is 0 Å². The zero-order chi connectivity index (χ0) is 13.0. The largest absolute Gasteiger partial charge is 0.325 e. The van der Waals surface area contributed by atoms with E-state index in [-0.39, 0.29) is 5.78 Å². The van der Waals surface area contributed by atoms with Gasteiger partial charge in [-0.3, -0.25) is 9.78 Å². The minimum absolute atomic E-state index is 0.0685. The molecule has 18 heavy (non-hydrogen) atoms. The first-order chi connectivity index (χ1) is 8.70. The predicted molar refractivity (Wildman–Crippen MR) is 74.3 cm³/mol. The summed E-state index contributed by atoms with van der Waals surface area (Å²) in [7, 11) is 0. The molecule has 0 radical (unpaired) electrons. The quantitative estimate of drug-likeness (QED) is 0.884. The molecule has 1 heterocycles. The molecular weight excluding hydrogens is 292 g/mol. The molecule has 0 saturated carbocycles. The Morgan fingerprint density at radius 2 is 2.06 bits per heavy atom. The van der Waals surface area contributed by atoms with Gasteiger partial charge < -0.3 is 5.73 Å². The molecule has 0 aliphatic rings. The van der Waals surface area contributed by atoms with Crippen molar-refractivity contribution in [3.63, 3.8) is 0 Å². The van der Waals surface area contributed by atoms with Gasteiger partial charge in [-0.15, -0.1) is 0 Å². The molecule has 0 unspecified atom stereocenters. The summed E-state index contributed by atoms with van der Waals surface area (Å²) in [6, 6.07) is 11.2. The van der Waals surface area contributed by atoms with Crippen molar-refractivity contribution in [2.75, 3.05) is 0 Å². The first kappa shape index (κ1) is 12.9. The Morgan fingerprint density at radius 1 is 1.28 bits per heavy atom. The summed E-state index contributed by atoms with van der Waals surface area (Å²) in [6.45, 7) is 0.343. The van der Waals surface area contributed by atoms with Crippen LogP contribution >= 0.6 is 15.9 Å². The van der Waals surface area contributed by atoms with E-state index < -0.39 is 0 Å². The van der Waals surface area contributed by atoms with E-state index in [1.54, 1.807) is 18.3 Å². The van der Waals surface area contributed by atoms with Gasteiger partial charge in [0.25, 0.3) is 0 Å². The highest BCUT2D eigenvalue weighted by Crippen LogP contribution is 2.18. The average Bonchev–Trinajstić information content (AvgIpc) is 2.41. The number of Topliss-reactive ketones (excluding diaryl/α,β-unsaturated/α-hetero) is 1. The lowest BCUT2D eigenvalue weighted by Crippen LogP contribution is -2.07. The van der Waals surface area contributed by atoms with Gasteiger partial charge in [-0.1, -0.05) is 34.1 Å². The van der Waals surface area contributed by atoms with Crippen LogP contribution in [0.15, 0.2) is 47.1 Å². The SMILES string of the molecule is NCc1cc(C(=O)Cc2ccccc2Br)ccn1. The number of hydrogen-bond donors (Lipinski definition) is 1. The third kappa shape index (κ3) is 3.03. The lowest BCUT2D eigenvalue weighted by Gasteiger charge is -2.05. The molecule has 0 aliphatic carbocycles. The van der Waals surface area contributed by atoms with Crippen LogP contribution in [0.2, 0.25) is 0 Å². The number of pyridine rings is 1. The first-order valence-electron chi connectivity index (χ1n) is 5.62. The number of halogens is 1. The Bertz CT molecular complexity index is 569. The van der Waals surface area contributed by atoms with Gasteiger partial charge in [0, 0.05) is 29.2 Å². The molecule has 0 spiro atoms. The minimum atomic E-state index is 0.0685. The second-order valence-electron chi connectivity index (χ2n) is 3.93. The molecule has 0 aliphatic heterocycles. The van der Waals surface area contributed by atoms with Gasteiger partial charge in [0.1, 0.15) is 0 Å². The van der Waals surface area contributed by atoms with Crippen LogP contribution in [-0.2, 0) is 13.0 Å². The highest BCUT2D eigenvalue weighted by Gasteiger charge is 2.09. The summed E-state index contributed by atoms with van der Waals surface area (Å²) in [5.41, 5.74) is 7.88. The maximum Gasteiger partial charge on any atom is 0.167 e. The Labute approximate surface area is 114 Å². The Kier molecular flexibility index (Phi) is 4.23. The monoisotopic (exact) mass is 304 g/mol. The zero-order valence-electron chi connectivity index (χ0n) is 9.77. The number of ketones is 1. The summed E-state index contributed by atoms with van der Waals surface area (Å²) in [5, 5.41) is 0. The summed E-state index contributed by atoms with van der Waals surface area (Å²) in [4.78, 5) is 16.2. The predicted octanol–water partition coefficient (Wildman–Crippen LogP) is 2.73. The van der Waals surface area contributed by atoms with Crippen LogP contribution in [0.4, 0.5) is 0 Å². The summed E-state index contributed by atoms with van der Waals surface area (Å²) >= 11 is 3.44. The van der Waals surface area contributed by atoms with Crippen molar-refractivity contribution in [2.24, 2.45) is 5.73 Å². The molecule has 4 heteroatoms. The molecule has 1 aromatic carbocycles. The molecule has 3 nitrogen and oxygen atoms in total. The lowest BCUT2D eigenvalue weighted by atomic mass is 10.0. The fraction of sp³-hybridized carbons (Fsp3) is 0.143. The molecule has 92 valence electrons. The van der Waals surface area contributed by atoms with Crippen LogP contribution in [0.5, 0.6) is 0 Å². The number of nitrogens with zero attached hydrogens (tertiary/aromatic N) is 1. The van der Waals surface area contributed by atoms with Gasteiger partial charge in [0.2, 0.25) is 0 Å². The summed E-state index contributed by atoms with van der Waals surface area (Å²) in [5.74, 6) is 0.0685. The molecule has 0 atom stereocenters. The third-order valence-corrected chi connectivity index (χ3v) is 3.43. The number of nitrogens with two attached hydrogens (primary N) is 1. The van der Waals surface area contributed by atoms with Crippen molar-refractivity contribution in [3.05, 3.63) is 63.9 Å². The van der Waals surface area contributed by atoms with E-state index in [0.29, 0.717) is 18.5 Å². The van der Waals surface area contributed by atoms with Gasteiger partial charge >= 0.3 is 0 Å². The van der Waals surface area contributed by atoms with Crippen LogP contribution in [0.1, 0.15) is 21.6 Å². The van der Waals surface area contributed by atoms with Gasteiger partial charge in [-0.25, -0.2) is 0 Å². The highest BCUT2D eigenvalue weighted by molar-refractivity contribution is 9.10. The maximum absolute atomic E-state index is 12.1. The fourth-order valence-corrected chi connectivity index (χ4v) is 2.11. The van der Waals surface area contributed by atoms with Crippen LogP contribution in [0, 0.1) is 0 Å². The van der Waals surface area contributed by atoms with Gasteiger partial charge in [-0.2, -0.15) is 0 Å². The maximum atomic E-state index is 12.1. The molecule has 2 rings (SSSR count). The van der Waals surface area contributed by atoms with E-state index in [9.17, 15) is 4.79 Å². The first-order valence-corrected chi connectivity index (χ1v) is 6.41. The van der Waals surface area contributed by atoms with E-state index in [4.69, 9.17) is 5.73 Å². The highest BCUT2D eigenvalue weighted by atomic mass is 79.9. The third-order valence-electron chi connectivity index (χ3n) is 2.66. The molecule has 1 aromatic heterocycles. The van der Waals surface area contributed by atoms with Gasteiger partial charge in [-0.05, 0) is 23.8 Å². The number of aromatic nitrogens is 1. The topological polar surface area (TPSA) is 56.0 Å². The Balaban J connectivity index is 2.19. The average molecular weight is 305 g/mol. The summed E-state index contributed by atoms with van der Waals surface area (Å²) < 4.78 is 0.950. The van der Waals surface area contributed by atoms with Crippen LogP contribution < -0.4 is 5.73 Å². The van der Waals surface area contributed by atoms with Crippen LogP contribution in [0.3, 0.4) is 0 Å². The normalized spacial score (nSPS) is 10.3. The lowest BCUT2D eigenvalue weighted by molar-refractivity contribution is 0.0992. The zero-order valence-corrected chi connectivity index (χ0v) is 11.4. The van der Waals surface area contributed by atoms with Crippen molar-refractivity contribution in [1.29, 1.82) is 0 Å². The molecular formula is C14H13BrN2O. The number of carbonyl (C=O) groups is 1. The molecule has 2 N–H and O–H groups in total. The van der Waals surface area contributed by atoms with E-state index in [2.05, 4.69) is 20.9 Å². The van der Waals surface area contributed by atoms with E-state index >= 15 is 0 Å². The van der Waals surface area contributed by atoms with E-state index in [1.807, 2.05) is 24.3 Å². The number of hydrogen-bond acceptors (Lipinski definition) is 3. The van der Waals surface area contributed by atoms with Gasteiger partial charge in [0.05, 0.1) is 5.69 Å². The number of rotatable bonds is 4.